The van der Waals surface area contributed by atoms with Crippen LogP contribution in [0, 0.1) is 0 Å². The summed E-state index contributed by atoms with van der Waals surface area (Å²) in [4.78, 5) is 3.41. The Kier molecular flexibility index (Phi) is 7.10. The lowest BCUT2D eigenvalue weighted by molar-refractivity contribution is 0.370. The molecule has 0 saturated heterocycles. The fourth-order valence-electron chi connectivity index (χ4n) is 1.73. The first-order valence-electron chi connectivity index (χ1n) is 6.33. The Bertz CT molecular complexity index is 529. The number of halogens is 1. The molecule has 0 amide bonds. The molecule has 0 saturated carbocycles. The van der Waals surface area contributed by atoms with E-state index in [0.717, 1.165) is 17.8 Å². The molecule has 116 valence electrons. The zero-order valence-electron chi connectivity index (χ0n) is 12.3. The molecule has 0 radical (unpaired) electrons. The largest absolute Gasteiger partial charge is 0.315 e. The summed E-state index contributed by atoms with van der Waals surface area (Å²) >= 11 is 4.81. The number of hydrogen-bond donors (Lipinski definition) is 1. The summed E-state index contributed by atoms with van der Waals surface area (Å²) in [6.45, 7) is 2.06. The van der Waals surface area contributed by atoms with Crippen LogP contribution in [-0.4, -0.2) is 58.9 Å². The summed E-state index contributed by atoms with van der Waals surface area (Å²) in [5.41, 5.74) is 0. The van der Waals surface area contributed by atoms with Gasteiger partial charge < -0.3 is 10.2 Å². The molecule has 0 aliphatic rings. The molecule has 0 unspecified atom stereocenters. The van der Waals surface area contributed by atoms with Gasteiger partial charge in [0.05, 0.1) is 3.79 Å². The van der Waals surface area contributed by atoms with Gasteiger partial charge in [-0.2, -0.15) is 0 Å². The van der Waals surface area contributed by atoms with E-state index in [1.54, 1.807) is 13.1 Å². The number of rotatable bonds is 8. The van der Waals surface area contributed by atoms with Gasteiger partial charge in [0.15, 0.2) is 0 Å². The topological polar surface area (TPSA) is 52.7 Å². The van der Waals surface area contributed by atoms with Crippen molar-refractivity contribution in [2.24, 2.45) is 0 Å². The highest BCUT2D eigenvalue weighted by Gasteiger charge is 2.25. The molecule has 1 aromatic rings. The SMILES string of the molecule is CNCc1cc(S(=O)(=O)N(C)CCCN(C)C)c(Br)s1. The molecule has 0 atom stereocenters. The Morgan fingerprint density at radius 2 is 1.95 bits per heavy atom. The molecule has 0 aromatic carbocycles. The molecule has 1 N–H and O–H groups in total. The Balaban J connectivity index is 2.81. The summed E-state index contributed by atoms with van der Waals surface area (Å²) in [5.74, 6) is 0. The predicted octanol–water partition coefficient (Wildman–Crippen LogP) is 1.80. The number of nitrogens with one attached hydrogen (secondary N) is 1. The van der Waals surface area contributed by atoms with Gasteiger partial charge in [-0.15, -0.1) is 11.3 Å². The molecular formula is C12H22BrN3O2S2. The minimum atomic E-state index is -3.41. The van der Waals surface area contributed by atoms with Crippen molar-refractivity contribution in [3.8, 4) is 0 Å². The van der Waals surface area contributed by atoms with E-state index in [9.17, 15) is 8.42 Å². The van der Waals surface area contributed by atoms with Gasteiger partial charge in [0.2, 0.25) is 10.0 Å². The average molecular weight is 384 g/mol. The minimum absolute atomic E-state index is 0.361. The van der Waals surface area contributed by atoms with Crippen LogP contribution < -0.4 is 5.32 Å². The van der Waals surface area contributed by atoms with Crippen molar-refractivity contribution in [1.82, 2.24) is 14.5 Å². The number of sulfonamides is 1. The maximum atomic E-state index is 12.5. The van der Waals surface area contributed by atoms with Crippen molar-refractivity contribution in [2.45, 2.75) is 17.9 Å². The van der Waals surface area contributed by atoms with Crippen molar-refractivity contribution < 1.29 is 8.42 Å². The van der Waals surface area contributed by atoms with Gasteiger partial charge in [-0.3, -0.25) is 0 Å². The van der Waals surface area contributed by atoms with E-state index in [0.29, 0.717) is 21.8 Å². The van der Waals surface area contributed by atoms with E-state index in [2.05, 4.69) is 21.2 Å². The molecule has 1 rings (SSSR count). The van der Waals surface area contributed by atoms with Gasteiger partial charge in [-0.05, 0) is 56.1 Å². The van der Waals surface area contributed by atoms with Gasteiger partial charge >= 0.3 is 0 Å². The lowest BCUT2D eigenvalue weighted by Crippen LogP contribution is -2.29. The van der Waals surface area contributed by atoms with Crippen LogP contribution in [0.1, 0.15) is 11.3 Å². The molecule has 0 spiro atoms. The van der Waals surface area contributed by atoms with Crippen molar-refractivity contribution in [3.05, 3.63) is 14.7 Å². The zero-order chi connectivity index (χ0) is 15.3. The monoisotopic (exact) mass is 383 g/mol. The number of hydrogen-bond acceptors (Lipinski definition) is 5. The third kappa shape index (κ3) is 4.78. The normalized spacial score (nSPS) is 12.6. The molecule has 0 aliphatic carbocycles. The summed E-state index contributed by atoms with van der Waals surface area (Å²) in [6, 6.07) is 1.74. The van der Waals surface area contributed by atoms with Crippen molar-refractivity contribution in [3.63, 3.8) is 0 Å². The molecule has 5 nitrogen and oxygen atoms in total. The highest BCUT2D eigenvalue weighted by molar-refractivity contribution is 9.11. The second kappa shape index (κ2) is 7.86. The van der Waals surface area contributed by atoms with E-state index >= 15 is 0 Å². The highest BCUT2D eigenvalue weighted by atomic mass is 79.9. The summed E-state index contributed by atoms with van der Waals surface area (Å²) < 4.78 is 27.1. The predicted molar refractivity (Wildman–Crippen MR) is 87.8 cm³/mol. The van der Waals surface area contributed by atoms with Crippen LogP contribution in [0.15, 0.2) is 14.7 Å². The fraction of sp³-hybridized carbons (Fsp3) is 0.667. The molecule has 8 heteroatoms. The molecule has 20 heavy (non-hydrogen) atoms. The van der Waals surface area contributed by atoms with E-state index in [-0.39, 0.29) is 0 Å². The van der Waals surface area contributed by atoms with Crippen LogP contribution in [0.2, 0.25) is 0 Å². The van der Waals surface area contributed by atoms with Crippen LogP contribution >= 0.6 is 27.3 Å². The number of thiophene rings is 1. The lowest BCUT2D eigenvalue weighted by Gasteiger charge is -2.18. The van der Waals surface area contributed by atoms with Crippen LogP contribution in [0.5, 0.6) is 0 Å². The Morgan fingerprint density at radius 1 is 1.30 bits per heavy atom. The maximum absolute atomic E-state index is 12.5. The fourth-order valence-corrected chi connectivity index (χ4v) is 5.58. The van der Waals surface area contributed by atoms with Crippen LogP contribution in [-0.2, 0) is 16.6 Å². The third-order valence-electron chi connectivity index (χ3n) is 2.82. The van der Waals surface area contributed by atoms with Crippen molar-refractivity contribution in [2.75, 3.05) is 41.3 Å². The van der Waals surface area contributed by atoms with Crippen molar-refractivity contribution >= 4 is 37.3 Å². The molecular weight excluding hydrogens is 362 g/mol. The standard InChI is InChI=1S/C12H22BrN3O2S2/c1-14-9-10-8-11(12(13)19-10)20(17,18)16(4)7-5-6-15(2)3/h8,14H,5-7,9H2,1-4H3. The van der Waals surface area contributed by atoms with Gasteiger partial charge in [-0.1, -0.05) is 0 Å². The summed E-state index contributed by atoms with van der Waals surface area (Å²) in [7, 11) is 4.02. The Hall–Kier alpha value is 0.01000. The first-order chi connectivity index (χ1) is 9.28. The van der Waals surface area contributed by atoms with E-state index in [1.807, 2.05) is 26.0 Å². The highest BCUT2D eigenvalue weighted by Crippen LogP contribution is 2.33. The molecule has 1 heterocycles. The first-order valence-corrected chi connectivity index (χ1v) is 9.38. The number of nitrogens with zero attached hydrogens (tertiary/aromatic N) is 2. The quantitative estimate of drug-likeness (QED) is 0.743. The molecule has 0 aliphatic heterocycles. The lowest BCUT2D eigenvalue weighted by atomic mass is 10.4. The second-order valence-electron chi connectivity index (χ2n) is 4.86. The second-order valence-corrected chi connectivity index (χ2v) is 9.33. The van der Waals surface area contributed by atoms with Crippen LogP contribution in [0.3, 0.4) is 0 Å². The maximum Gasteiger partial charge on any atom is 0.244 e. The summed E-state index contributed by atoms with van der Waals surface area (Å²) in [5, 5.41) is 3.03. The van der Waals surface area contributed by atoms with Crippen LogP contribution in [0.4, 0.5) is 0 Å². The zero-order valence-corrected chi connectivity index (χ0v) is 15.5. The van der Waals surface area contributed by atoms with Gasteiger partial charge in [0.1, 0.15) is 4.90 Å². The van der Waals surface area contributed by atoms with E-state index in [1.165, 1.54) is 15.6 Å². The molecule has 0 fully saturated rings. The minimum Gasteiger partial charge on any atom is -0.315 e. The van der Waals surface area contributed by atoms with Gasteiger partial charge in [0.25, 0.3) is 0 Å². The molecule has 1 aromatic heterocycles. The third-order valence-corrected chi connectivity index (χ3v) is 6.93. The van der Waals surface area contributed by atoms with Crippen molar-refractivity contribution in [1.29, 1.82) is 0 Å². The first kappa shape index (κ1) is 18.1. The smallest absolute Gasteiger partial charge is 0.244 e. The van der Waals surface area contributed by atoms with Gasteiger partial charge in [0, 0.05) is 25.0 Å². The Labute approximate surface area is 134 Å². The van der Waals surface area contributed by atoms with E-state index < -0.39 is 10.0 Å². The van der Waals surface area contributed by atoms with Crippen LogP contribution in [0.25, 0.3) is 0 Å². The molecule has 0 bridgehead atoms. The summed E-state index contributed by atoms with van der Waals surface area (Å²) in [6.07, 6.45) is 0.813. The van der Waals surface area contributed by atoms with Gasteiger partial charge in [-0.25, -0.2) is 12.7 Å². The van der Waals surface area contributed by atoms with E-state index in [4.69, 9.17) is 0 Å². The average Bonchev–Trinajstić information content (AvgIpc) is 2.70. The Morgan fingerprint density at radius 3 is 2.50 bits per heavy atom.